The molecule has 4 aromatic heterocycles. The highest BCUT2D eigenvalue weighted by Gasteiger charge is 2.32. The van der Waals surface area contributed by atoms with Crippen LogP contribution in [0.5, 0.6) is 0 Å². The molecule has 19 heteroatoms. The number of hydrogen-bond donors (Lipinski definition) is 4. The number of pyridine rings is 1. The molecule has 2 aliphatic heterocycles. The third-order valence-corrected chi connectivity index (χ3v) is 13.1. The number of fused-ring (bicyclic) bond motifs is 1. The summed E-state index contributed by atoms with van der Waals surface area (Å²) in [7, 11) is 1.73. The van der Waals surface area contributed by atoms with Crippen molar-refractivity contribution in [3.05, 3.63) is 76.4 Å². The number of imide groups is 1. The molecule has 2 saturated carbocycles. The van der Waals surface area contributed by atoms with Crippen molar-refractivity contribution in [1.29, 1.82) is 0 Å². The monoisotopic (exact) mass is 883 g/mol. The fourth-order valence-electron chi connectivity index (χ4n) is 9.39. The number of carbonyl (C=O) groups is 3. The van der Waals surface area contributed by atoms with Crippen molar-refractivity contribution < 1.29 is 32.3 Å². The fourth-order valence-corrected chi connectivity index (χ4v) is 9.39. The molecular weight excluding hydrogens is 829 g/mol. The summed E-state index contributed by atoms with van der Waals surface area (Å²) in [6, 6.07) is 8.57. The van der Waals surface area contributed by atoms with Crippen molar-refractivity contribution in [2.24, 2.45) is 18.9 Å². The van der Waals surface area contributed by atoms with Crippen LogP contribution < -0.4 is 27.0 Å². The molecule has 4 N–H and O–H groups in total. The first-order valence-electron chi connectivity index (χ1n) is 22.5. The van der Waals surface area contributed by atoms with E-state index in [1.807, 2.05) is 18.2 Å². The predicted molar refractivity (Wildman–Crippen MR) is 233 cm³/mol. The van der Waals surface area contributed by atoms with E-state index >= 15 is 0 Å². The number of nitrogens with zero attached hydrogens (tertiary/aromatic N) is 7. The Morgan fingerprint density at radius 1 is 1.02 bits per heavy atom. The van der Waals surface area contributed by atoms with E-state index in [-0.39, 0.29) is 47.4 Å². The molecule has 4 fully saturated rings. The molecule has 1 unspecified atom stereocenters. The Morgan fingerprint density at radius 2 is 1.83 bits per heavy atom. The molecule has 2 aliphatic carbocycles. The smallest absolute Gasteiger partial charge is 0.329 e. The van der Waals surface area contributed by atoms with Crippen LogP contribution in [0.1, 0.15) is 98.0 Å². The van der Waals surface area contributed by atoms with Crippen LogP contribution in [-0.2, 0) is 27.8 Å². The molecule has 3 amide bonds. The second-order valence-electron chi connectivity index (χ2n) is 17.6. The largest absolute Gasteiger partial charge is 0.444 e. The van der Waals surface area contributed by atoms with Gasteiger partial charge in [-0.3, -0.25) is 38.4 Å². The van der Waals surface area contributed by atoms with Crippen LogP contribution in [0, 0.1) is 11.8 Å². The van der Waals surface area contributed by atoms with E-state index in [2.05, 4.69) is 41.2 Å². The zero-order valence-electron chi connectivity index (χ0n) is 35.9. The number of aryl methyl sites for hydroxylation is 2. The van der Waals surface area contributed by atoms with Crippen LogP contribution in [0.3, 0.4) is 0 Å². The number of aromatic nitrogens is 6. The van der Waals surface area contributed by atoms with E-state index in [1.54, 1.807) is 34.6 Å². The standard InChI is InChI=1S/C45H55F2N11O6/c1-55-40-29(4-2-6-35(40)58(45(55)62)36-13-14-38(59)53-43(36)61)5-3-17-56-18-19-63-32(24-56)23-48-21-27-9-11-31(12-10-27)57-25-33(39(54-57)41(46)47)51-42(60)34-26-64-44(52-34)30-15-16-49-37(20-30)50-22-28-7-8-28/h2,4,6,15-16,20,25-28,31-32,36,41,48H,3,5,7-14,17-19,21-24H2,1H3,(H,49,50)(H,51,60)(H,53,59,61)/t27-,31-,32-,36?/m1/s1. The predicted octanol–water partition coefficient (Wildman–Crippen LogP) is 5.23. The number of rotatable bonds is 17. The summed E-state index contributed by atoms with van der Waals surface area (Å²) in [5.41, 5.74) is 2.38. The Labute approximate surface area is 368 Å². The molecular formula is C45H55F2N11O6. The maximum absolute atomic E-state index is 14.2. The van der Waals surface area contributed by atoms with Crippen molar-refractivity contribution in [2.45, 2.75) is 88.8 Å². The molecule has 0 bridgehead atoms. The van der Waals surface area contributed by atoms with Gasteiger partial charge in [0.25, 0.3) is 12.3 Å². The van der Waals surface area contributed by atoms with E-state index < -0.39 is 30.0 Å². The number of amides is 3. The summed E-state index contributed by atoms with van der Waals surface area (Å²) in [5.74, 6) is 0.586. The maximum atomic E-state index is 14.2. The number of nitrogens with one attached hydrogen (secondary N) is 4. The number of para-hydroxylation sites is 1. The molecule has 17 nitrogen and oxygen atoms in total. The number of hydrogen-bond acceptors (Lipinski definition) is 12. The minimum absolute atomic E-state index is 0.0342. The second-order valence-corrected chi connectivity index (χ2v) is 17.6. The number of anilines is 2. The van der Waals surface area contributed by atoms with Gasteiger partial charge in [-0.2, -0.15) is 5.10 Å². The Balaban J connectivity index is 0.718. The quantitative estimate of drug-likeness (QED) is 0.0890. The van der Waals surface area contributed by atoms with Crippen LogP contribution in [0.25, 0.3) is 22.5 Å². The number of oxazole rings is 1. The van der Waals surface area contributed by atoms with Gasteiger partial charge in [0.05, 0.1) is 35.5 Å². The Hall–Kier alpha value is -5.79. The minimum atomic E-state index is -2.88. The maximum Gasteiger partial charge on any atom is 0.329 e. The number of carbonyl (C=O) groups excluding carboxylic acids is 3. The van der Waals surface area contributed by atoms with Crippen molar-refractivity contribution >= 4 is 40.3 Å². The number of ether oxygens (including phenoxy) is 1. The Bertz CT molecular complexity index is 2540. The Morgan fingerprint density at radius 3 is 2.62 bits per heavy atom. The topological polar surface area (TPSA) is 195 Å². The third-order valence-electron chi connectivity index (χ3n) is 13.1. The van der Waals surface area contributed by atoms with Crippen molar-refractivity contribution in [3.8, 4) is 11.5 Å². The van der Waals surface area contributed by atoms with Crippen LogP contribution in [0.2, 0.25) is 0 Å². The molecule has 9 rings (SSSR count). The Kier molecular flexibility index (Phi) is 13.0. The van der Waals surface area contributed by atoms with Crippen LogP contribution in [0.4, 0.5) is 20.3 Å². The zero-order valence-corrected chi connectivity index (χ0v) is 35.9. The van der Waals surface area contributed by atoms with Gasteiger partial charge in [0.15, 0.2) is 11.4 Å². The molecule has 2 atom stereocenters. The number of halogens is 2. The van der Waals surface area contributed by atoms with Crippen molar-refractivity contribution in [3.63, 3.8) is 0 Å². The summed E-state index contributed by atoms with van der Waals surface area (Å²) in [4.78, 5) is 62.0. The average molecular weight is 884 g/mol. The van der Waals surface area contributed by atoms with Crippen molar-refractivity contribution in [1.82, 2.24) is 44.4 Å². The van der Waals surface area contributed by atoms with Gasteiger partial charge in [-0.1, -0.05) is 12.1 Å². The summed E-state index contributed by atoms with van der Waals surface area (Å²) in [6.07, 6.45) is 9.46. The first-order valence-corrected chi connectivity index (χ1v) is 22.5. The number of benzene rings is 1. The third kappa shape index (κ3) is 9.80. The van der Waals surface area contributed by atoms with E-state index in [0.29, 0.717) is 41.8 Å². The van der Waals surface area contributed by atoms with Gasteiger partial charge in [-0.15, -0.1) is 0 Å². The van der Waals surface area contributed by atoms with Crippen LogP contribution in [0.15, 0.2) is 58.2 Å². The van der Waals surface area contributed by atoms with Gasteiger partial charge in [0.1, 0.15) is 18.1 Å². The summed E-state index contributed by atoms with van der Waals surface area (Å²) in [5, 5.41) is 16.1. The lowest BCUT2D eigenvalue weighted by molar-refractivity contribution is -0.135. The van der Waals surface area contributed by atoms with Gasteiger partial charge < -0.3 is 25.1 Å². The number of imidazole rings is 1. The molecule has 2 saturated heterocycles. The lowest BCUT2D eigenvalue weighted by Crippen LogP contribution is -2.47. The molecule has 0 radical (unpaired) electrons. The van der Waals surface area contributed by atoms with Gasteiger partial charge in [0, 0.05) is 57.6 Å². The highest BCUT2D eigenvalue weighted by atomic mass is 19.3. The lowest BCUT2D eigenvalue weighted by atomic mass is 9.86. The normalized spacial score (nSPS) is 22.0. The van der Waals surface area contributed by atoms with E-state index in [4.69, 9.17) is 9.15 Å². The fraction of sp³-hybridized carbons (Fsp3) is 0.533. The summed E-state index contributed by atoms with van der Waals surface area (Å²) in [6.45, 7) is 5.56. The van der Waals surface area contributed by atoms with Gasteiger partial charge in [0.2, 0.25) is 17.7 Å². The summed E-state index contributed by atoms with van der Waals surface area (Å²) < 4.78 is 44.8. The molecule has 1 aromatic carbocycles. The van der Waals surface area contributed by atoms with Gasteiger partial charge in [-0.05, 0) is 106 Å². The molecule has 64 heavy (non-hydrogen) atoms. The van der Waals surface area contributed by atoms with Crippen LogP contribution >= 0.6 is 0 Å². The highest BCUT2D eigenvalue weighted by Crippen LogP contribution is 2.35. The molecule has 5 aromatic rings. The van der Waals surface area contributed by atoms with E-state index in [0.717, 1.165) is 88.9 Å². The number of alkyl halides is 2. The minimum Gasteiger partial charge on any atom is -0.444 e. The number of piperidine rings is 1. The summed E-state index contributed by atoms with van der Waals surface area (Å²) >= 11 is 0. The van der Waals surface area contributed by atoms with Crippen molar-refractivity contribution in [2.75, 3.05) is 56.5 Å². The van der Waals surface area contributed by atoms with E-state index in [1.165, 1.54) is 29.9 Å². The van der Waals surface area contributed by atoms with Gasteiger partial charge >= 0.3 is 5.69 Å². The van der Waals surface area contributed by atoms with Gasteiger partial charge in [-0.25, -0.2) is 23.5 Å². The lowest BCUT2D eigenvalue weighted by Gasteiger charge is -2.34. The molecule has 6 heterocycles. The second kappa shape index (κ2) is 19.1. The highest BCUT2D eigenvalue weighted by molar-refractivity contribution is 6.03. The zero-order chi connectivity index (χ0) is 44.3. The average Bonchev–Trinajstić information content (AvgIpc) is 3.70. The molecule has 0 spiro atoms. The molecule has 340 valence electrons. The van der Waals surface area contributed by atoms with E-state index in [9.17, 15) is 28.0 Å². The molecule has 4 aliphatic rings. The van der Waals surface area contributed by atoms with Crippen LogP contribution in [-0.4, -0.2) is 103 Å². The number of morpholine rings is 1. The first-order chi connectivity index (χ1) is 31.1. The first kappa shape index (κ1) is 43.5. The SMILES string of the molecule is Cn1c(=O)n(C2CCC(=O)NC2=O)c2cccc(CCCN3CCO[C@H](CNC[C@H]4CC[C@H](n5cc(NC(=O)c6coc(-c7ccnc(NCC8CC8)c7)n6)c(C(F)F)n5)CC4)C3)c21.